The van der Waals surface area contributed by atoms with Crippen molar-refractivity contribution < 1.29 is 27.4 Å². The fourth-order valence-electron chi connectivity index (χ4n) is 1.79. The third kappa shape index (κ3) is 12.3. The fraction of sp³-hybridized carbons (Fsp3) is 0.500. The minimum absolute atomic E-state index is 0. The number of hydrogen-bond donors (Lipinski definition) is 3. The second-order valence-electron chi connectivity index (χ2n) is 5.17. The number of alkyl halides is 3. The van der Waals surface area contributed by atoms with Crippen LogP contribution in [0.1, 0.15) is 5.56 Å². The standard InChI is InChI=1S/C16H23F3N4O3.HI/c1-20-15(23-10-14(24)21-7-8-25-2)22-9-12-3-5-13(6-4-12)26-11-16(17,18)19;/h3-6H,7-11H2,1-2H3,(H,21,24)(H2,20,22,23);1H. The Morgan fingerprint density at radius 2 is 1.81 bits per heavy atom. The molecule has 11 heteroatoms. The van der Waals surface area contributed by atoms with Crippen LogP contribution in [-0.4, -0.2) is 58.5 Å². The first-order valence-electron chi connectivity index (χ1n) is 7.82. The summed E-state index contributed by atoms with van der Waals surface area (Å²) >= 11 is 0. The molecule has 0 heterocycles. The number of aliphatic imine (C=N–C) groups is 1. The molecule has 0 fully saturated rings. The van der Waals surface area contributed by atoms with E-state index < -0.39 is 12.8 Å². The molecule has 0 unspecified atom stereocenters. The maximum atomic E-state index is 12.1. The molecular formula is C16H24F3IN4O3. The summed E-state index contributed by atoms with van der Waals surface area (Å²) in [6.07, 6.45) is -4.37. The van der Waals surface area contributed by atoms with Crippen molar-refractivity contribution in [3.8, 4) is 5.75 Å². The fourth-order valence-corrected chi connectivity index (χ4v) is 1.79. The first-order chi connectivity index (χ1) is 12.3. The molecule has 1 amide bonds. The monoisotopic (exact) mass is 504 g/mol. The Balaban J connectivity index is 0.00000676. The maximum absolute atomic E-state index is 12.1. The summed E-state index contributed by atoms with van der Waals surface area (Å²) in [6.45, 7) is -0.0427. The number of methoxy groups -OCH3 is 1. The molecular weight excluding hydrogens is 480 g/mol. The Morgan fingerprint density at radius 3 is 2.37 bits per heavy atom. The van der Waals surface area contributed by atoms with E-state index in [9.17, 15) is 18.0 Å². The van der Waals surface area contributed by atoms with Gasteiger partial charge in [-0.05, 0) is 17.7 Å². The second-order valence-corrected chi connectivity index (χ2v) is 5.17. The largest absolute Gasteiger partial charge is 0.484 e. The lowest BCUT2D eigenvalue weighted by Crippen LogP contribution is -2.43. The van der Waals surface area contributed by atoms with Crippen LogP contribution in [0.5, 0.6) is 5.75 Å². The van der Waals surface area contributed by atoms with Gasteiger partial charge in [-0.25, -0.2) is 0 Å². The predicted molar refractivity (Wildman–Crippen MR) is 106 cm³/mol. The van der Waals surface area contributed by atoms with Gasteiger partial charge in [-0.15, -0.1) is 24.0 Å². The van der Waals surface area contributed by atoms with Crippen molar-refractivity contribution in [3.63, 3.8) is 0 Å². The molecule has 0 aliphatic heterocycles. The zero-order chi connectivity index (χ0) is 19.4. The van der Waals surface area contributed by atoms with Crippen LogP contribution in [0.3, 0.4) is 0 Å². The highest BCUT2D eigenvalue weighted by atomic mass is 127. The molecule has 154 valence electrons. The number of hydrogen-bond acceptors (Lipinski definition) is 4. The van der Waals surface area contributed by atoms with Gasteiger partial charge < -0.3 is 25.4 Å². The average molecular weight is 504 g/mol. The van der Waals surface area contributed by atoms with Crippen LogP contribution >= 0.6 is 24.0 Å². The summed E-state index contributed by atoms with van der Waals surface area (Å²) in [7, 11) is 3.11. The molecule has 0 radical (unpaired) electrons. The molecule has 27 heavy (non-hydrogen) atoms. The molecule has 0 spiro atoms. The lowest BCUT2D eigenvalue weighted by Gasteiger charge is -2.13. The van der Waals surface area contributed by atoms with Crippen molar-refractivity contribution in [2.75, 3.05) is 40.5 Å². The minimum atomic E-state index is -4.37. The molecule has 0 bridgehead atoms. The Kier molecular flexibility index (Phi) is 12.5. The summed E-state index contributed by atoms with van der Waals surface area (Å²) in [5.74, 6) is 0.363. The van der Waals surface area contributed by atoms with E-state index in [2.05, 4.69) is 25.7 Å². The van der Waals surface area contributed by atoms with Crippen LogP contribution in [0.15, 0.2) is 29.3 Å². The van der Waals surface area contributed by atoms with E-state index >= 15 is 0 Å². The Morgan fingerprint density at radius 1 is 1.15 bits per heavy atom. The van der Waals surface area contributed by atoms with E-state index in [4.69, 9.17) is 4.74 Å². The van der Waals surface area contributed by atoms with Crippen molar-refractivity contribution in [1.82, 2.24) is 16.0 Å². The van der Waals surface area contributed by atoms with Crippen LogP contribution in [-0.2, 0) is 16.1 Å². The highest BCUT2D eigenvalue weighted by Crippen LogP contribution is 2.18. The van der Waals surface area contributed by atoms with Gasteiger partial charge in [0, 0.05) is 27.2 Å². The topological polar surface area (TPSA) is 84.0 Å². The number of nitrogens with zero attached hydrogens (tertiary/aromatic N) is 1. The molecule has 1 aromatic rings. The number of carbonyl (C=O) groups excluding carboxylic acids is 1. The molecule has 0 aromatic heterocycles. The van der Waals surface area contributed by atoms with Crippen LogP contribution in [0.4, 0.5) is 13.2 Å². The Hall–Kier alpha value is -1.76. The normalized spacial score (nSPS) is 11.4. The van der Waals surface area contributed by atoms with Gasteiger partial charge in [-0.1, -0.05) is 12.1 Å². The lowest BCUT2D eigenvalue weighted by atomic mass is 10.2. The summed E-state index contributed by atoms with van der Waals surface area (Å²) in [5.41, 5.74) is 0.817. The number of amides is 1. The van der Waals surface area contributed by atoms with Crippen LogP contribution in [0, 0.1) is 0 Å². The van der Waals surface area contributed by atoms with Crippen molar-refractivity contribution in [2.24, 2.45) is 4.99 Å². The van der Waals surface area contributed by atoms with E-state index in [1.165, 1.54) is 12.1 Å². The number of guanidine groups is 1. The number of carbonyl (C=O) groups is 1. The van der Waals surface area contributed by atoms with Gasteiger partial charge in [-0.2, -0.15) is 13.2 Å². The lowest BCUT2D eigenvalue weighted by molar-refractivity contribution is -0.153. The van der Waals surface area contributed by atoms with E-state index in [1.54, 1.807) is 26.3 Å². The van der Waals surface area contributed by atoms with Gasteiger partial charge in [-0.3, -0.25) is 9.79 Å². The summed E-state index contributed by atoms with van der Waals surface area (Å²) in [6, 6.07) is 6.21. The van der Waals surface area contributed by atoms with Gasteiger partial charge in [0.25, 0.3) is 0 Å². The smallest absolute Gasteiger partial charge is 0.422 e. The minimum Gasteiger partial charge on any atom is -0.484 e. The van der Waals surface area contributed by atoms with Gasteiger partial charge in [0.15, 0.2) is 12.6 Å². The van der Waals surface area contributed by atoms with Crippen molar-refractivity contribution in [3.05, 3.63) is 29.8 Å². The van der Waals surface area contributed by atoms with E-state index in [0.29, 0.717) is 25.7 Å². The third-order valence-corrected chi connectivity index (χ3v) is 3.05. The van der Waals surface area contributed by atoms with Gasteiger partial charge in [0.05, 0.1) is 13.2 Å². The SMILES string of the molecule is CN=C(NCC(=O)NCCOC)NCc1ccc(OCC(F)(F)F)cc1.I. The summed E-state index contributed by atoms with van der Waals surface area (Å²) in [5, 5.41) is 8.51. The number of ether oxygens (including phenoxy) is 2. The quantitative estimate of drug-likeness (QED) is 0.206. The maximum Gasteiger partial charge on any atom is 0.422 e. The highest BCUT2D eigenvalue weighted by Gasteiger charge is 2.28. The van der Waals surface area contributed by atoms with Gasteiger partial charge in [0.2, 0.25) is 5.91 Å². The van der Waals surface area contributed by atoms with Gasteiger partial charge in [0.1, 0.15) is 5.75 Å². The molecule has 0 saturated carbocycles. The number of rotatable bonds is 9. The zero-order valence-electron chi connectivity index (χ0n) is 15.1. The first-order valence-corrected chi connectivity index (χ1v) is 7.82. The molecule has 3 N–H and O–H groups in total. The molecule has 0 atom stereocenters. The van der Waals surface area contributed by atoms with Crippen molar-refractivity contribution in [1.29, 1.82) is 0 Å². The highest BCUT2D eigenvalue weighted by molar-refractivity contribution is 14.0. The molecule has 1 rings (SSSR count). The average Bonchev–Trinajstić information content (AvgIpc) is 2.60. The Bertz CT molecular complexity index is 583. The summed E-state index contributed by atoms with van der Waals surface area (Å²) in [4.78, 5) is 15.6. The van der Waals surface area contributed by atoms with E-state index in [1.807, 2.05) is 0 Å². The number of halogens is 4. The number of benzene rings is 1. The van der Waals surface area contributed by atoms with Crippen LogP contribution in [0.2, 0.25) is 0 Å². The molecule has 0 aliphatic carbocycles. The first kappa shape index (κ1) is 25.2. The van der Waals surface area contributed by atoms with E-state index in [0.717, 1.165) is 5.56 Å². The molecule has 0 saturated heterocycles. The van der Waals surface area contributed by atoms with Crippen LogP contribution in [0.25, 0.3) is 0 Å². The second kappa shape index (κ2) is 13.4. The van der Waals surface area contributed by atoms with Crippen molar-refractivity contribution >= 4 is 35.8 Å². The van der Waals surface area contributed by atoms with Crippen molar-refractivity contribution in [2.45, 2.75) is 12.7 Å². The summed E-state index contributed by atoms with van der Waals surface area (Å²) < 4.78 is 45.8. The molecule has 7 nitrogen and oxygen atoms in total. The van der Waals surface area contributed by atoms with Crippen LogP contribution < -0.4 is 20.7 Å². The zero-order valence-corrected chi connectivity index (χ0v) is 17.4. The Labute approximate surface area is 173 Å². The van der Waals surface area contributed by atoms with E-state index in [-0.39, 0.29) is 42.2 Å². The third-order valence-electron chi connectivity index (χ3n) is 3.05. The molecule has 0 aliphatic rings. The molecule has 1 aromatic carbocycles. The number of nitrogens with one attached hydrogen (secondary N) is 3. The van der Waals surface area contributed by atoms with Gasteiger partial charge >= 0.3 is 6.18 Å². The predicted octanol–water partition coefficient (Wildman–Crippen LogP) is 1.67.